The molecule has 4 aromatic carbocycles. The normalized spacial score (nSPS) is 12.8. The number of hydrogen-bond acceptors (Lipinski definition) is 4. The minimum Gasteiger partial charge on any atom is -0.268 e. The Morgan fingerprint density at radius 3 is 2.39 bits per heavy atom. The largest absolute Gasteiger partial charge is 0.268 e. The summed E-state index contributed by atoms with van der Waals surface area (Å²) in [5, 5.41) is 2.32. The Hall–Kier alpha value is -3.81. The van der Waals surface area contributed by atoms with E-state index in [1.54, 1.807) is 28.8 Å². The monoisotopic (exact) mass is 525 g/mol. The molecule has 0 aliphatic rings. The van der Waals surface area contributed by atoms with Crippen molar-refractivity contribution in [1.82, 2.24) is 13.9 Å². The summed E-state index contributed by atoms with van der Waals surface area (Å²) < 4.78 is 31.4. The second-order valence-corrected chi connectivity index (χ2v) is 11.5. The van der Waals surface area contributed by atoms with Gasteiger partial charge in [-0.3, -0.25) is 9.36 Å². The second kappa shape index (κ2) is 10.5. The minimum absolute atomic E-state index is 0.221. The summed E-state index contributed by atoms with van der Waals surface area (Å²) in [6.45, 7) is 6.12. The minimum atomic E-state index is -3.91. The fourth-order valence-electron chi connectivity index (χ4n) is 4.87. The molecule has 5 aromatic rings. The maximum absolute atomic E-state index is 14.2. The molecule has 0 saturated heterocycles. The van der Waals surface area contributed by atoms with Crippen LogP contribution in [0.1, 0.15) is 44.1 Å². The molecule has 0 spiro atoms. The molecule has 0 saturated carbocycles. The summed E-state index contributed by atoms with van der Waals surface area (Å²) in [5.74, 6) is 0.389. The van der Waals surface area contributed by atoms with Gasteiger partial charge in [0.1, 0.15) is 5.82 Å². The Morgan fingerprint density at radius 2 is 1.63 bits per heavy atom. The van der Waals surface area contributed by atoms with Crippen LogP contribution in [0.25, 0.3) is 27.4 Å². The summed E-state index contributed by atoms with van der Waals surface area (Å²) in [7, 11) is -3.91. The SMILES string of the molecule is CCCCN(C(C)c1nc2ccccc2c(=O)n1-c1cccc(C)c1)S(=O)(=O)c1ccc2ccccc2c1. The molecule has 0 aliphatic carbocycles. The zero-order valence-corrected chi connectivity index (χ0v) is 22.7. The zero-order chi connectivity index (χ0) is 26.9. The lowest BCUT2D eigenvalue weighted by molar-refractivity contribution is 0.322. The molecule has 0 radical (unpaired) electrons. The van der Waals surface area contributed by atoms with Gasteiger partial charge >= 0.3 is 0 Å². The van der Waals surface area contributed by atoms with Crippen LogP contribution in [0.3, 0.4) is 0 Å². The van der Waals surface area contributed by atoms with Crippen LogP contribution in [0.5, 0.6) is 0 Å². The molecular weight excluding hydrogens is 494 g/mol. The summed E-state index contributed by atoms with van der Waals surface area (Å²) in [6, 6.07) is 27.0. The number of para-hydroxylation sites is 1. The Labute approximate surface area is 223 Å². The maximum Gasteiger partial charge on any atom is 0.266 e. The smallest absolute Gasteiger partial charge is 0.266 e. The first-order valence-corrected chi connectivity index (χ1v) is 14.3. The molecule has 1 atom stereocenters. The van der Waals surface area contributed by atoms with E-state index in [1.807, 2.05) is 87.5 Å². The Balaban J connectivity index is 1.71. The van der Waals surface area contributed by atoms with Gasteiger partial charge in [0.15, 0.2) is 0 Å². The third kappa shape index (κ3) is 4.75. The van der Waals surface area contributed by atoms with Crippen molar-refractivity contribution in [1.29, 1.82) is 0 Å². The summed E-state index contributed by atoms with van der Waals surface area (Å²) in [5.41, 5.74) is 1.98. The quantitative estimate of drug-likeness (QED) is 0.235. The number of aromatic nitrogens is 2. The number of aryl methyl sites for hydroxylation is 1. The van der Waals surface area contributed by atoms with Gasteiger partial charge in [-0.2, -0.15) is 4.31 Å². The first-order chi connectivity index (χ1) is 18.3. The Kier molecular flexibility index (Phi) is 7.15. The van der Waals surface area contributed by atoms with Crippen molar-refractivity contribution in [3.63, 3.8) is 0 Å². The van der Waals surface area contributed by atoms with E-state index < -0.39 is 16.1 Å². The van der Waals surface area contributed by atoms with Gasteiger partial charge in [-0.1, -0.05) is 67.9 Å². The predicted molar refractivity (Wildman–Crippen MR) is 153 cm³/mol. The Bertz CT molecular complexity index is 1790. The first-order valence-electron chi connectivity index (χ1n) is 12.9. The molecule has 0 amide bonds. The van der Waals surface area contributed by atoms with Crippen molar-refractivity contribution in [2.24, 2.45) is 0 Å². The van der Waals surface area contributed by atoms with Crippen molar-refractivity contribution in [2.45, 2.75) is 44.6 Å². The fourth-order valence-corrected chi connectivity index (χ4v) is 6.54. The van der Waals surface area contributed by atoms with Gasteiger partial charge in [0, 0.05) is 6.54 Å². The van der Waals surface area contributed by atoms with Gasteiger partial charge in [-0.25, -0.2) is 13.4 Å². The topological polar surface area (TPSA) is 72.3 Å². The standard InChI is InChI=1S/C31H31N3O3S/c1-4-5-19-33(38(36,37)27-18-17-24-12-6-7-13-25(24)21-27)23(3)30-32-29-16-9-8-15-28(29)31(35)34(30)26-14-10-11-22(2)20-26/h6-18,20-21,23H,4-5,19H2,1-3H3. The van der Waals surface area contributed by atoms with Crippen molar-refractivity contribution >= 4 is 31.7 Å². The number of hydrogen-bond donors (Lipinski definition) is 0. The lowest BCUT2D eigenvalue weighted by Crippen LogP contribution is -2.38. The lowest BCUT2D eigenvalue weighted by Gasteiger charge is -2.30. The summed E-state index contributed by atoms with van der Waals surface area (Å²) in [4.78, 5) is 18.9. The average molecular weight is 526 g/mol. The molecule has 194 valence electrons. The van der Waals surface area contributed by atoms with Crippen molar-refractivity contribution < 1.29 is 8.42 Å². The van der Waals surface area contributed by atoms with Crippen LogP contribution in [0.2, 0.25) is 0 Å². The molecule has 1 aromatic heterocycles. The third-order valence-electron chi connectivity index (χ3n) is 6.93. The first kappa shape index (κ1) is 25.8. The maximum atomic E-state index is 14.2. The molecule has 0 fully saturated rings. The van der Waals surface area contributed by atoms with Crippen molar-refractivity contribution in [3.05, 3.63) is 113 Å². The average Bonchev–Trinajstić information content (AvgIpc) is 2.92. The predicted octanol–water partition coefficient (Wildman–Crippen LogP) is 6.40. The van der Waals surface area contributed by atoms with Gasteiger partial charge in [-0.15, -0.1) is 0 Å². The number of rotatable bonds is 8. The van der Waals surface area contributed by atoms with E-state index in [0.29, 0.717) is 35.4 Å². The molecule has 38 heavy (non-hydrogen) atoms. The van der Waals surface area contributed by atoms with Crippen LogP contribution in [-0.2, 0) is 10.0 Å². The highest BCUT2D eigenvalue weighted by Gasteiger charge is 2.33. The van der Waals surface area contributed by atoms with Gasteiger partial charge in [-0.05, 0) is 73.0 Å². The van der Waals surface area contributed by atoms with Gasteiger partial charge in [0.05, 0.1) is 27.5 Å². The van der Waals surface area contributed by atoms with E-state index in [9.17, 15) is 13.2 Å². The van der Waals surface area contributed by atoms with E-state index in [-0.39, 0.29) is 10.5 Å². The molecule has 0 aliphatic heterocycles. The van der Waals surface area contributed by atoms with Crippen molar-refractivity contribution in [2.75, 3.05) is 6.54 Å². The highest BCUT2D eigenvalue weighted by atomic mass is 32.2. The number of fused-ring (bicyclic) bond motifs is 2. The molecular formula is C31H31N3O3S. The molecule has 0 bridgehead atoms. The van der Waals surface area contributed by atoms with Crippen LogP contribution in [0.4, 0.5) is 0 Å². The van der Waals surface area contributed by atoms with E-state index in [4.69, 9.17) is 4.98 Å². The highest BCUT2D eigenvalue weighted by molar-refractivity contribution is 7.89. The van der Waals surface area contributed by atoms with Crippen molar-refractivity contribution in [3.8, 4) is 5.69 Å². The number of benzene rings is 4. The van der Waals surface area contributed by atoms with Crippen LogP contribution in [-0.4, -0.2) is 28.8 Å². The van der Waals surface area contributed by atoms with Crippen LogP contribution in [0, 0.1) is 6.92 Å². The van der Waals surface area contributed by atoms with E-state index in [1.165, 1.54) is 4.31 Å². The van der Waals surface area contributed by atoms with Gasteiger partial charge in [0.2, 0.25) is 10.0 Å². The van der Waals surface area contributed by atoms with E-state index in [2.05, 4.69) is 0 Å². The van der Waals surface area contributed by atoms with Crippen LogP contribution in [0.15, 0.2) is 101 Å². The van der Waals surface area contributed by atoms with Crippen LogP contribution < -0.4 is 5.56 Å². The van der Waals surface area contributed by atoms with E-state index >= 15 is 0 Å². The zero-order valence-electron chi connectivity index (χ0n) is 21.8. The van der Waals surface area contributed by atoms with Gasteiger partial charge < -0.3 is 0 Å². The van der Waals surface area contributed by atoms with Gasteiger partial charge in [0.25, 0.3) is 5.56 Å². The highest BCUT2D eigenvalue weighted by Crippen LogP contribution is 2.30. The number of nitrogens with zero attached hydrogens (tertiary/aromatic N) is 3. The third-order valence-corrected chi connectivity index (χ3v) is 8.89. The second-order valence-electron chi connectivity index (χ2n) is 9.62. The van der Waals surface area contributed by atoms with Crippen LogP contribution >= 0.6 is 0 Å². The molecule has 6 nitrogen and oxygen atoms in total. The summed E-state index contributed by atoms with van der Waals surface area (Å²) >= 11 is 0. The fraction of sp³-hybridized carbons (Fsp3) is 0.226. The molecule has 1 heterocycles. The molecule has 5 rings (SSSR count). The number of sulfonamides is 1. The molecule has 1 unspecified atom stereocenters. The lowest BCUT2D eigenvalue weighted by atomic mass is 10.1. The number of unbranched alkanes of at least 4 members (excludes halogenated alkanes) is 1. The molecule has 0 N–H and O–H groups in total. The molecule has 7 heteroatoms. The summed E-state index contributed by atoms with van der Waals surface area (Å²) in [6.07, 6.45) is 1.51. The van der Waals surface area contributed by atoms with E-state index in [0.717, 1.165) is 22.8 Å². The Morgan fingerprint density at radius 1 is 0.895 bits per heavy atom.